The second kappa shape index (κ2) is 8.54. The van der Waals surface area contributed by atoms with Gasteiger partial charge in [-0.25, -0.2) is 4.68 Å². The van der Waals surface area contributed by atoms with Gasteiger partial charge in [0.1, 0.15) is 5.82 Å². The van der Waals surface area contributed by atoms with E-state index in [0.717, 1.165) is 37.7 Å². The number of anilines is 1. The zero-order chi connectivity index (χ0) is 19.4. The molecular weight excluding hydrogens is 342 g/mol. The molecule has 146 valence electrons. The maximum Gasteiger partial charge on any atom is 0.251 e. The van der Waals surface area contributed by atoms with Crippen molar-refractivity contribution in [1.82, 2.24) is 20.0 Å². The van der Waals surface area contributed by atoms with Gasteiger partial charge in [-0.2, -0.15) is 5.10 Å². The molecule has 1 fully saturated rings. The third-order valence-corrected chi connectivity index (χ3v) is 4.99. The molecule has 1 atom stereocenters. The lowest BCUT2D eigenvalue weighted by Crippen LogP contribution is -2.51. The number of ether oxygens (including phenoxy) is 1. The Bertz CT molecular complexity index is 763. The van der Waals surface area contributed by atoms with Crippen molar-refractivity contribution in [1.29, 1.82) is 0 Å². The molecule has 2 aromatic rings. The molecule has 1 aromatic heterocycles. The van der Waals surface area contributed by atoms with Crippen LogP contribution in [0.5, 0.6) is 0 Å². The van der Waals surface area contributed by atoms with E-state index in [0.29, 0.717) is 29.9 Å². The molecule has 1 aromatic carbocycles. The van der Waals surface area contributed by atoms with Gasteiger partial charge in [-0.05, 0) is 37.1 Å². The second-order valence-corrected chi connectivity index (χ2v) is 7.34. The van der Waals surface area contributed by atoms with Crippen LogP contribution < -0.4 is 11.1 Å². The zero-order valence-electron chi connectivity index (χ0n) is 16.3. The Hall–Kier alpha value is -2.38. The van der Waals surface area contributed by atoms with Crippen LogP contribution in [-0.2, 0) is 4.74 Å². The predicted octanol–water partition coefficient (Wildman–Crippen LogP) is 1.85. The van der Waals surface area contributed by atoms with Crippen LogP contribution in [0.15, 0.2) is 30.3 Å². The summed E-state index contributed by atoms with van der Waals surface area (Å²) in [6.07, 6.45) is 0. The van der Waals surface area contributed by atoms with Gasteiger partial charge in [-0.3, -0.25) is 9.69 Å². The molecule has 7 heteroatoms. The largest absolute Gasteiger partial charge is 0.384 e. The number of amides is 1. The summed E-state index contributed by atoms with van der Waals surface area (Å²) in [5.74, 6) is 0.969. The average molecular weight is 371 g/mol. The molecule has 0 saturated carbocycles. The van der Waals surface area contributed by atoms with Gasteiger partial charge in [-0.1, -0.05) is 13.8 Å². The van der Waals surface area contributed by atoms with Crippen LogP contribution in [0.2, 0.25) is 0 Å². The maximum absolute atomic E-state index is 12.6. The van der Waals surface area contributed by atoms with Crippen molar-refractivity contribution in [2.24, 2.45) is 5.92 Å². The van der Waals surface area contributed by atoms with Gasteiger partial charge in [0.05, 0.1) is 24.6 Å². The first-order valence-corrected chi connectivity index (χ1v) is 9.48. The number of aromatic nitrogens is 2. The van der Waals surface area contributed by atoms with Crippen molar-refractivity contribution in [2.75, 3.05) is 38.6 Å². The molecular formula is C20H29N5O2. The summed E-state index contributed by atoms with van der Waals surface area (Å²) in [6.45, 7) is 10.3. The Balaban J connectivity index is 1.62. The van der Waals surface area contributed by atoms with E-state index in [1.54, 1.807) is 16.8 Å². The minimum absolute atomic E-state index is 0.0647. The molecule has 2 heterocycles. The van der Waals surface area contributed by atoms with E-state index in [9.17, 15) is 4.79 Å². The first-order chi connectivity index (χ1) is 13.0. The molecule has 0 bridgehead atoms. The summed E-state index contributed by atoms with van der Waals surface area (Å²) in [6, 6.07) is 9.46. The van der Waals surface area contributed by atoms with E-state index in [-0.39, 0.29) is 5.91 Å². The van der Waals surface area contributed by atoms with E-state index in [1.165, 1.54) is 0 Å². The van der Waals surface area contributed by atoms with E-state index in [1.807, 2.05) is 25.1 Å². The van der Waals surface area contributed by atoms with E-state index in [4.69, 9.17) is 10.5 Å². The summed E-state index contributed by atoms with van der Waals surface area (Å²) in [5.41, 5.74) is 8.29. The summed E-state index contributed by atoms with van der Waals surface area (Å²) in [5, 5.41) is 7.44. The molecule has 0 aliphatic carbocycles. The zero-order valence-corrected chi connectivity index (χ0v) is 16.3. The van der Waals surface area contributed by atoms with E-state index in [2.05, 4.69) is 29.2 Å². The lowest BCUT2D eigenvalue weighted by Gasteiger charge is -2.36. The molecule has 3 N–H and O–H groups in total. The quantitative estimate of drug-likeness (QED) is 0.809. The smallest absolute Gasteiger partial charge is 0.251 e. The Morgan fingerprint density at radius 3 is 2.48 bits per heavy atom. The fourth-order valence-corrected chi connectivity index (χ4v) is 3.48. The number of benzene rings is 1. The number of rotatable bonds is 6. The predicted molar refractivity (Wildman–Crippen MR) is 106 cm³/mol. The molecule has 1 aliphatic rings. The van der Waals surface area contributed by atoms with Crippen LogP contribution in [0.25, 0.3) is 5.69 Å². The van der Waals surface area contributed by atoms with Gasteiger partial charge in [0.25, 0.3) is 5.91 Å². The molecule has 1 aliphatic heterocycles. The first kappa shape index (κ1) is 19.4. The van der Waals surface area contributed by atoms with Crippen LogP contribution in [0, 0.1) is 12.8 Å². The Labute approximate surface area is 160 Å². The number of nitrogens with two attached hydrogens (primary N) is 1. The summed E-state index contributed by atoms with van der Waals surface area (Å²) in [4.78, 5) is 15.0. The van der Waals surface area contributed by atoms with Crippen LogP contribution in [0.4, 0.5) is 5.82 Å². The van der Waals surface area contributed by atoms with Gasteiger partial charge in [0.15, 0.2) is 0 Å². The number of carbonyl (C=O) groups excluding carboxylic acids is 1. The minimum Gasteiger partial charge on any atom is -0.384 e. The molecule has 1 amide bonds. The van der Waals surface area contributed by atoms with Crippen molar-refractivity contribution >= 4 is 11.7 Å². The number of nitrogens with zero attached hydrogens (tertiary/aromatic N) is 3. The fourth-order valence-electron chi connectivity index (χ4n) is 3.48. The molecule has 0 spiro atoms. The molecule has 3 rings (SSSR count). The highest BCUT2D eigenvalue weighted by atomic mass is 16.5. The first-order valence-electron chi connectivity index (χ1n) is 9.48. The third-order valence-electron chi connectivity index (χ3n) is 4.99. The standard InChI is InChI=1S/C20H29N5O2/c1-14(2)18(24-8-10-27-11-9-24)13-22-20(26)16-4-6-17(7-5-16)25-19(21)12-15(3)23-25/h4-7,12,14,18H,8-11,13,21H2,1-3H3,(H,22,26)/t18-/m1/s1. The van der Waals surface area contributed by atoms with Crippen molar-refractivity contribution in [3.8, 4) is 5.69 Å². The molecule has 7 nitrogen and oxygen atoms in total. The van der Waals surface area contributed by atoms with Gasteiger partial charge >= 0.3 is 0 Å². The Kier molecular flexibility index (Phi) is 6.13. The summed E-state index contributed by atoms with van der Waals surface area (Å²) in [7, 11) is 0. The van der Waals surface area contributed by atoms with Crippen molar-refractivity contribution < 1.29 is 9.53 Å². The topological polar surface area (TPSA) is 85.4 Å². The molecule has 0 radical (unpaired) electrons. The van der Waals surface area contributed by atoms with Crippen molar-refractivity contribution in [2.45, 2.75) is 26.8 Å². The highest BCUT2D eigenvalue weighted by molar-refractivity contribution is 5.94. The minimum atomic E-state index is -0.0647. The van der Waals surface area contributed by atoms with Crippen molar-refractivity contribution in [3.05, 3.63) is 41.6 Å². The number of aryl methyl sites for hydroxylation is 1. The average Bonchev–Trinajstić information content (AvgIpc) is 3.00. The van der Waals surface area contributed by atoms with Crippen LogP contribution in [0.1, 0.15) is 29.9 Å². The third kappa shape index (κ3) is 4.67. The van der Waals surface area contributed by atoms with Crippen LogP contribution >= 0.6 is 0 Å². The fraction of sp³-hybridized carbons (Fsp3) is 0.500. The monoisotopic (exact) mass is 371 g/mol. The molecule has 0 unspecified atom stereocenters. The normalized spacial score (nSPS) is 16.4. The molecule has 1 saturated heterocycles. The molecule has 27 heavy (non-hydrogen) atoms. The van der Waals surface area contributed by atoms with Gasteiger partial charge < -0.3 is 15.8 Å². The summed E-state index contributed by atoms with van der Waals surface area (Å²) < 4.78 is 7.11. The maximum atomic E-state index is 12.6. The Morgan fingerprint density at radius 2 is 1.93 bits per heavy atom. The van der Waals surface area contributed by atoms with Crippen LogP contribution in [0.3, 0.4) is 0 Å². The summed E-state index contributed by atoms with van der Waals surface area (Å²) >= 11 is 0. The highest BCUT2D eigenvalue weighted by Crippen LogP contribution is 2.16. The van der Waals surface area contributed by atoms with Gasteiger partial charge in [0, 0.05) is 37.3 Å². The number of hydrogen-bond donors (Lipinski definition) is 2. The number of morpholine rings is 1. The van der Waals surface area contributed by atoms with E-state index >= 15 is 0 Å². The lowest BCUT2D eigenvalue weighted by atomic mass is 10.0. The van der Waals surface area contributed by atoms with Crippen molar-refractivity contribution in [3.63, 3.8) is 0 Å². The second-order valence-electron chi connectivity index (χ2n) is 7.34. The van der Waals surface area contributed by atoms with Gasteiger partial charge in [0.2, 0.25) is 0 Å². The number of carbonyl (C=O) groups is 1. The number of nitrogens with one attached hydrogen (secondary N) is 1. The van der Waals surface area contributed by atoms with Gasteiger partial charge in [-0.15, -0.1) is 0 Å². The Morgan fingerprint density at radius 1 is 1.26 bits per heavy atom. The number of hydrogen-bond acceptors (Lipinski definition) is 5. The van der Waals surface area contributed by atoms with Crippen LogP contribution in [-0.4, -0.2) is 59.5 Å². The SMILES string of the molecule is Cc1cc(N)n(-c2ccc(C(=O)NC[C@H](C(C)C)N3CCOCC3)cc2)n1. The lowest BCUT2D eigenvalue weighted by molar-refractivity contribution is 0.00673. The number of nitrogen functional groups attached to an aromatic ring is 1. The van der Waals surface area contributed by atoms with E-state index < -0.39 is 0 Å². The highest BCUT2D eigenvalue weighted by Gasteiger charge is 2.24.